The summed E-state index contributed by atoms with van der Waals surface area (Å²) in [4.78, 5) is 1.34. The molecule has 0 saturated heterocycles. The van der Waals surface area contributed by atoms with Gasteiger partial charge in [-0.2, -0.15) is 0 Å². The van der Waals surface area contributed by atoms with Crippen molar-refractivity contribution in [2.24, 2.45) is 0 Å². The SMILES string of the molecule is CCCCSc1ccc2cccc3c2c1C(=[O+]CC)C=C3.F[B-](F)(F)F. The molecule has 0 spiro atoms. The third-order valence-corrected chi connectivity index (χ3v) is 4.90. The molecule has 140 valence electrons. The maximum atomic E-state index is 9.75. The highest BCUT2D eigenvalue weighted by Gasteiger charge is 2.24. The van der Waals surface area contributed by atoms with Crippen LogP contribution in [0.2, 0.25) is 0 Å². The van der Waals surface area contributed by atoms with Crippen molar-refractivity contribution < 1.29 is 21.7 Å². The average Bonchev–Trinajstić information content (AvgIpc) is 2.57. The van der Waals surface area contributed by atoms with Crippen LogP contribution in [-0.4, -0.2) is 25.4 Å². The molecule has 0 saturated carbocycles. The number of allylic oxidation sites excluding steroid dienone is 1. The Morgan fingerprint density at radius 2 is 1.73 bits per heavy atom. The first-order chi connectivity index (χ1) is 12.3. The molecule has 1 nitrogen and oxygen atoms in total. The molecule has 26 heavy (non-hydrogen) atoms. The Bertz CT molecular complexity index is 809. The van der Waals surface area contributed by atoms with Gasteiger partial charge >= 0.3 is 13.0 Å². The Labute approximate surface area is 155 Å². The molecule has 1 aliphatic carbocycles. The van der Waals surface area contributed by atoms with Crippen molar-refractivity contribution in [2.75, 3.05) is 12.4 Å². The molecule has 0 heterocycles. The topological polar surface area (TPSA) is 11.3 Å². The van der Waals surface area contributed by atoms with Crippen molar-refractivity contribution >= 4 is 41.6 Å². The van der Waals surface area contributed by atoms with Gasteiger partial charge in [0.15, 0.2) is 0 Å². The van der Waals surface area contributed by atoms with Crippen LogP contribution in [0.1, 0.15) is 42.2 Å². The van der Waals surface area contributed by atoms with E-state index >= 15 is 0 Å². The van der Waals surface area contributed by atoms with Crippen LogP contribution in [0.5, 0.6) is 0 Å². The zero-order valence-corrected chi connectivity index (χ0v) is 15.6. The van der Waals surface area contributed by atoms with Crippen molar-refractivity contribution in [3.05, 3.63) is 47.5 Å². The number of benzene rings is 2. The van der Waals surface area contributed by atoms with Gasteiger partial charge in [-0.25, -0.2) is 0 Å². The lowest BCUT2D eigenvalue weighted by Gasteiger charge is -2.13. The van der Waals surface area contributed by atoms with Crippen molar-refractivity contribution in [2.45, 2.75) is 31.6 Å². The predicted molar refractivity (Wildman–Crippen MR) is 104 cm³/mol. The molecular weight excluding hydrogens is 363 g/mol. The first-order valence-corrected chi connectivity index (χ1v) is 9.57. The number of hydrogen-bond donors (Lipinski definition) is 0. The number of thioether (sulfide) groups is 1. The monoisotopic (exact) mass is 384 g/mol. The van der Waals surface area contributed by atoms with Gasteiger partial charge in [0.25, 0.3) is 6.61 Å². The minimum atomic E-state index is -6.00. The second-order valence-electron chi connectivity index (χ2n) is 5.71. The number of hydrogen-bond acceptors (Lipinski definition) is 1. The van der Waals surface area contributed by atoms with Crippen LogP contribution in [0.4, 0.5) is 17.3 Å². The van der Waals surface area contributed by atoms with Gasteiger partial charge in [0.2, 0.25) is 0 Å². The van der Waals surface area contributed by atoms with Crippen molar-refractivity contribution in [3.8, 4) is 0 Å². The van der Waals surface area contributed by atoms with Gasteiger partial charge < -0.3 is 17.3 Å². The van der Waals surface area contributed by atoms with Crippen molar-refractivity contribution in [1.82, 2.24) is 0 Å². The highest BCUT2D eigenvalue weighted by molar-refractivity contribution is 7.99. The van der Waals surface area contributed by atoms with Crippen molar-refractivity contribution in [1.29, 1.82) is 0 Å². The second-order valence-corrected chi connectivity index (χ2v) is 6.85. The lowest BCUT2D eigenvalue weighted by Crippen LogP contribution is -2.06. The summed E-state index contributed by atoms with van der Waals surface area (Å²) in [6.07, 6.45) is 6.78. The number of unbranched alkanes of at least 4 members (excludes halogenated alkanes) is 1. The molecule has 0 unspecified atom stereocenters. The number of halogens is 4. The fourth-order valence-corrected chi connectivity index (χ4v) is 3.91. The van der Waals surface area contributed by atoms with Gasteiger partial charge in [-0.3, -0.25) is 4.42 Å². The summed E-state index contributed by atoms with van der Waals surface area (Å²) in [5, 5.41) is 2.63. The average molecular weight is 384 g/mol. The summed E-state index contributed by atoms with van der Waals surface area (Å²) in [5.74, 6) is 2.18. The highest BCUT2D eigenvalue weighted by Crippen LogP contribution is 2.36. The van der Waals surface area contributed by atoms with E-state index in [1.807, 2.05) is 18.7 Å². The maximum absolute atomic E-state index is 9.75. The molecule has 2 aromatic carbocycles. The van der Waals surface area contributed by atoms with Gasteiger partial charge in [-0.05, 0) is 35.3 Å². The van der Waals surface area contributed by atoms with Crippen LogP contribution in [0, 0.1) is 0 Å². The zero-order valence-electron chi connectivity index (χ0n) is 14.8. The van der Waals surface area contributed by atoms with Gasteiger partial charge in [0, 0.05) is 23.3 Å². The van der Waals surface area contributed by atoms with Gasteiger partial charge in [0.05, 0.1) is 0 Å². The molecule has 2 aromatic rings. The van der Waals surface area contributed by atoms with Crippen LogP contribution >= 0.6 is 11.8 Å². The Morgan fingerprint density at radius 1 is 1.00 bits per heavy atom. The predicted octanol–water partition coefficient (Wildman–Crippen LogP) is 6.80. The lowest BCUT2D eigenvalue weighted by atomic mass is 9.92. The summed E-state index contributed by atoms with van der Waals surface area (Å²) < 4.78 is 44.9. The van der Waals surface area contributed by atoms with Crippen LogP contribution in [0.15, 0.2) is 41.3 Å². The van der Waals surface area contributed by atoms with Gasteiger partial charge in [-0.1, -0.05) is 37.6 Å². The van der Waals surface area contributed by atoms with E-state index in [0.29, 0.717) is 6.61 Å². The molecular formula is C19H21BF4OS. The third-order valence-electron chi connectivity index (χ3n) is 3.76. The highest BCUT2D eigenvalue weighted by atomic mass is 32.2. The van der Waals surface area contributed by atoms with Crippen LogP contribution in [0.25, 0.3) is 16.8 Å². The smallest absolute Gasteiger partial charge is 0.418 e. The molecule has 1 aliphatic rings. The molecule has 0 aromatic heterocycles. The Morgan fingerprint density at radius 3 is 2.38 bits per heavy atom. The minimum absolute atomic E-state index is 0.706. The molecule has 0 aliphatic heterocycles. The van der Waals surface area contributed by atoms with E-state index < -0.39 is 7.25 Å². The number of ketones is 1. The molecule has 7 heteroatoms. The second kappa shape index (κ2) is 9.26. The van der Waals surface area contributed by atoms with E-state index in [4.69, 9.17) is 4.42 Å². The van der Waals surface area contributed by atoms with Crippen molar-refractivity contribution in [3.63, 3.8) is 0 Å². The van der Waals surface area contributed by atoms with E-state index in [1.165, 1.54) is 45.4 Å². The molecule has 0 atom stereocenters. The standard InChI is InChI=1S/C19H21OS.BF4/c1-3-5-13-21-17-12-10-15-8-6-7-14-9-11-16(20-4-2)19(17)18(14)15;2-1(3,4)5/h6-12H,3-5,13H2,1-2H3;/q+1;-1. The van der Waals surface area contributed by atoms with E-state index in [1.54, 1.807) is 0 Å². The summed E-state index contributed by atoms with van der Waals surface area (Å²) in [6.45, 7) is 4.99. The molecule has 0 amide bonds. The fourth-order valence-electron chi connectivity index (χ4n) is 2.74. The Hall–Kier alpha value is -1.76. The lowest BCUT2D eigenvalue weighted by molar-refractivity contribution is -0.261. The first-order valence-electron chi connectivity index (χ1n) is 8.59. The quantitative estimate of drug-likeness (QED) is 0.181. The van der Waals surface area contributed by atoms with Crippen LogP contribution in [0.3, 0.4) is 0 Å². The number of rotatable bonds is 5. The van der Waals surface area contributed by atoms with E-state index in [0.717, 1.165) is 5.78 Å². The minimum Gasteiger partial charge on any atom is -0.418 e. The number of carbonyl (C=O) groups excluding carboxylic acids is 1. The molecule has 0 N–H and O–H groups in total. The van der Waals surface area contributed by atoms with Gasteiger partial charge in [0.1, 0.15) is 5.56 Å². The molecule has 0 bridgehead atoms. The van der Waals surface area contributed by atoms with E-state index in [9.17, 15) is 17.3 Å². The van der Waals surface area contributed by atoms with Gasteiger partial charge in [-0.15, -0.1) is 11.8 Å². The maximum Gasteiger partial charge on any atom is 0.673 e. The zero-order chi connectivity index (χ0) is 19.2. The van der Waals surface area contributed by atoms with Crippen LogP contribution in [-0.2, 0) is 0 Å². The summed E-state index contributed by atoms with van der Waals surface area (Å²) in [6, 6.07) is 11.0. The molecule has 3 rings (SSSR count). The van der Waals surface area contributed by atoms with E-state index in [-0.39, 0.29) is 0 Å². The van der Waals surface area contributed by atoms with E-state index in [2.05, 4.69) is 49.4 Å². The Balaban J connectivity index is 0.000000431. The first kappa shape index (κ1) is 20.6. The molecule has 0 fully saturated rings. The third kappa shape index (κ3) is 5.63. The largest absolute Gasteiger partial charge is 0.673 e. The summed E-state index contributed by atoms with van der Waals surface area (Å²) in [5.41, 5.74) is 2.58. The van der Waals surface area contributed by atoms with Crippen LogP contribution < -0.4 is 0 Å². The summed E-state index contributed by atoms with van der Waals surface area (Å²) in [7, 11) is -6.00. The summed E-state index contributed by atoms with van der Waals surface area (Å²) >= 11 is 1.95. The normalized spacial score (nSPS) is 14.5. The Kier molecular flexibility index (Phi) is 7.32. The molecule has 0 radical (unpaired) electrons. The fraction of sp³-hybridized carbons (Fsp3) is 0.316.